The molecule has 3 aromatic rings. The van der Waals surface area contributed by atoms with E-state index in [0.29, 0.717) is 10.9 Å². The Morgan fingerprint density at radius 3 is 2.57 bits per heavy atom. The Morgan fingerprint density at radius 2 is 1.83 bits per heavy atom. The molecule has 0 saturated carbocycles. The van der Waals surface area contributed by atoms with E-state index in [2.05, 4.69) is 16.1 Å². The summed E-state index contributed by atoms with van der Waals surface area (Å²) < 4.78 is 1.55. The number of carbonyl (C=O) groups excluding carboxylic acids is 1. The van der Waals surface area contributed by atoms with Gasteiger partial charge in [0.05, 0.1) is 12.1 Å². The lowest BCUT2D eigenvalue weighted by Crippen LogP contribution is -1.93. The lowest BCUT2D eigenvalue weighted by molar-refractivity contribution is 0.0995. The monoisotopic (exact) mass is 303 g/mol. The van der Waals surface area contributed by atoms with E-state index in [0.717, 1.165) is 5.52 Å². The van der Waals surface area contributed by atoms with Gasteiger partial charge in [-0.3, -0.25) is 9.36 Å². The van der Waals surface area contributed by atoms with Crippen LogP contribution in [0.5, 0.6) is 5.88 Å². The lowest BCUT2D eigenvalue weighted by atomic mass is 10.2. The molecule has 5 heteroatoms. The number of azo groups is 1. The Balaban J connectivity index is 2.04. The molecule has 23 heavy (non-hydrogen) atoms. The van der Waals surface area contributed by atoms with Crippen molar-refractivity contribution in [2.24, 2.45) is 10.2 Å². The molecular formula is C18H13N3O2. The molecule has 1 heterocycles. The minimum absolute atomic E-state index is 0.103. The summed E-state index contributed by atoms with van der Waals surface area (Å²) in [7, 11) is 0. The number of aromatic hydroxyl groups is 1. The Morgan fingerprint density at radius 1 is 1.13 bits per heavy atom. The van der Waals surface area contributed by atoms with Gasteiger partial charge in [0.2, 0.25) is 5.88 Å². The quantitative estimate of drug-likeness (QED) is 0.589. The molecule has 3 rings (SSSR count). The Labute approximate surface area is 132 Å². The first kappa shape index (κ1) is 14.5. The molecule has 0 aliphatic rings. The zero-order valence-corrected chi connectivity index (χ0v) is 12.2. The van der Waals surface area contributed by atoms with Gasteiger partial charge in [0.1, 0.15) is 0 Å². The molecule has 1 amide bonds. The van der Waals surface area contributed by atoms with Crippen molar-refractivity contribution in [2.45, 2.75) is 6.54 Å². The summed E-state index contributed by atoms with van der Waals surface area (Å²) in [6.07, 6.45) is 5.34. The second-order valence-electron chi connectivity index (χ2n) is 4.85. The minimum Gasteiger partial charge on any atom is -0.493 e. The van der Waals surface area contributed by atoms with Gasteiger partial charge in [0, 0.05) is 10.9 Å². The molecule has 0 aliphatic heterocycles. The third kappa shape index (κ3) is 2.70. The number of carbonyl (C=O) groups is 1. The van der Waals surface area contributed by atoms with Crippen molar-refractivity contribution in [3.63, 3.8) is 0 Å². The van der Waals surface area contributed by atoms with Gasteiger partial charge in [0.25, 0.3) is 5.91 Å². The van der Waals surface area contributed by atoms with Gasteiger partial charge < -0.3 is 5.11 Å². The van der Waals surface area contributed by atoms with Gasteiger partial charge in [-0.2, -0.15) is 0 Å². The largest absolute Gasteiger partial charge is 0.493 e. The summed E-state index contributed by atoms with van der Waals surface area (Å²) in [5, 5.41) is 18.7. The maximum absolute atomic E-state index is 12.0. The molecule has 2 aromatic carbocycles. The highest BCUT2D eigenvalue weighted by Gasteiger charge is 2.16. The van der Waals surface area contributed by atoms with Gasteiger partial charge in [-0.05, 0) is 18.2 Å². The fourth-order valence-corrected chi connectivity index (χ4v) is 2.36. The highest BCUT2D eigenvalue weighted by atomic mass is 16.3. The van der Waals surface area contributed by atoms with Gasteiger partial charge in [-0.1, -0.05) is 42.3 Å². The Hall–Kier alpha value is -3.39. The molecule has 0 atom stereocenters. The average molecular weight is 303 g/mol. The minimum atomic E-state index is -0.473. The summed E-state index contributed by atoms with van der Waals surface area (Å²) in [5.41, 5.74) is 1.41. The topological polar surface area (TPSA) is 66.9 Å². The maximum atomic E-state index is 12.0. The SMILES string of the molecule is C#CCn1c(O)c(N=NC(=O)c2ccccc2)c2ccccc21. The fraction of sp³-hybridized carbons (Fsp3) is 0.0556. The highest BCUT2D eigenvalue weighted by molar-refractivity contribution is 5.97. The third-order valence-electron chi connectivity index (χ3n) is 3.43. The molecule has 5 nitrogen and oxygen atoms in total. The molecule has 0 aliphatic carbocycles. The summed E-state index contributed by atoms with van der Waals surface area (Å²) in [6.45, 7) is 0.203. The Bertz CT molecular complexity index is 934. The molecular weight excluding hydrogens is 290 g/mol. The van der Waals surface area contributed by atoms with E-state index < -0.39 is 5.91 Å². The lowest BCUT2D eigenvalue weighted by Gasteiger charge is -2.00. The molecule has 1 N–H and O–H groups in total. The smallest absolute Gasteiger partial charge is 0.295 e. The van der Waals surface area contributed by atoms with Crippen LogP contribution in [0.15, 0.2) is 64.8 Å². The van der Waals surface area contributed by atoms with Crippen LogP contribution in [-0.4, -0.2) is 15.6 Å². The number of rotatable bonds is 3. The van der Waals surface area contributed by atoms with Crippen molar-refractivity contribution in [1.29, 1.82) is 0 Å². The van der Waals surface area contributed by atoms with Crippen LogP contribution in [0.3, 0.4) is 0 Å². The zero-order valence-electron chi connectivity index (χ0n) is 12.2. The first-order valence-corrected chi connectivity index (χ1v) is 6.97. The zero-order chi connectivity index (χ0) is 16.2. The molecule has 1 aromatic heterocycles. The van der Waals surface area contributed by atoms with Gasteiger partial charge in [-0.25, -0.2) is 0 Å². The van der Waals surface area contributed by atoms with Crippen LogP contribution < -0.4 is 0 Å². The van der Waals surface area contributed by atoms with Gasteiger partial charge in [-0.15, -0.1) is 16.7 Å². The first-order chi connectivity index (χ1) is 11.2. The second-order valence-corrected chi connectivity index (χ2v) is 4.85. The van der Waals surface area contributed by atoms with Crippen molar-refractivity contribution in [3.05, 3.63) is 60.2 Å². The number of nitrogens with zero attached hydrogens (tertiary/aromatic N) is 3. The molecule has 112 valence electrons. The number of terminal acetylenes is 1. The number of aromatic nitrogens is 1. The fourth-order valence-electron chi connectivity index (χ4n) is 2.36. The molecule has 0 radical (unpaired) electrons. The molecule has 0 bridgehead atoms. The number of hydrogen-bond donors (Lipinski definition) is 1. The molecule has 0 spiro atoms. The van der Waals surface area contributed by atoms with Crippen LogP contribution >= 0.6 is 0 Å². The van der Waals surface area contributed by atoms with E-state index in [1.807, 2.05) is 24.3 Å². The standard InChI is InChI=1S/C18H13N3O2/c1-2-12-21-15-11-7-6-10-14(15)16(18(21)23)19-20-17(22)13-8-4-3-5-9-13/h1,3-11,23H,12H2. The number of amides is 1. The summed E-state index contributed by atoms with van der Waals surface area (Å²) in [5.74, 6) is 1.91. The third-order valence-corrected chi connectivity index (χ3v) is 3.43. The highest BCUT2D eigenvalue weighted by Crippen LogP contribution is 2.38. The molecule has 0 saturated heterocycles. The van der Waals surface area contributed by atoms with Gasteiger partial charge >= 0.3 is 0 Å². The Kier molecular flexibility index (Phi) is 3.89. The number of benzene rings is 2. The van der Waals surface area contributed by atoms with Crippen molar-refractivity contribution in [3.8, 4) is 18.2 Å². The van der Waals surface area contributed by atoms with E-state index in [4.69, 9.17) is 6.42 Å². The van der Waals surface area contributed by atoms with Crippen LogP contribution in [0.25, 0.3) is 10.9 Å². The number of hydrogen-bond acceptors (Lipinski definition) is 3. The number of fused-ring (bicyclic) bond motifs is 1. The maximum Gasteiger partial charge on any atom is 0.295 e. The van der Waals surface area contributed by atoms with Crippen LogP contribution in [0.4, 0.5) is 5.69 Å². The van der Waals surface area contributed by atoms with Crippen LogP contribution in [0, 0.1) is 12.3 Å². The summed E-state index contributed by atoms with van der Waals surface area (Å²) >= 11 is 0. The van der Waals surface area contributed by atoms with Crippen molar-refractivity contribution in [2.75, 3.05) is 0 Å². The summed E-state index contributed by atoms with van der Waals surface area (Å²) in [6, 6.07) is 15.9. The average Bonchev–Trinajstić information content (AvgIpc) is 2.86. The van der Waals surface area contributed by atoms with Crippen LogP contribution in [-0.2, 0) is 6.54 Å². The van der Waals surface area contributed by atoms with E-state index in [1.165, 1.54) is 0 Å². The first-order valence-electron chi connectivity index (χ1n) is 6.97. The van der Waals surface area contributed by atoms with E-state index in [9.17, 15) is 9.90 Å². The number of para-hydroxylation sites is 1. The van der Waals surface area contributed by atoms with Gasteiger partial charge in [0.15, 0.2) is 5.69 Å². The van der Waals surface area contributed by atoms with Crippen LogP contribution in [0.1, 0.15) is 10.4 Å². The molecule has 0 unspecified atom stereocenters. The predicted octanol–water partition coefficient (Wildman–Crippen LogP) is 3.90. The predicted molar refractivity (Wildman–Crippen MR) is 87.7 cm³/mol. The van der Waals surface area contributed by atoms with E-state index in [1.54, 1.807) is 34.9 Å². The van der Waals surface area contributed by atoms with Crippen molar-refractivity contribution in [1.82, 2.24) is 4.57 Å². The van der Waals surface area contributed by atoms with Crippen LogP contribution in [0.2, 0.25) is 0 Å². The summed E-state index contributed by atoms with van der Waals surface area (Å²) in [4.78, 5) is 12.0. The van der Waals surface area contributed by atoms with Crippen molar-refractivity contribution < 1.29 is 9.90 Å². The van der Waals surface area contributed by atoms with Crippen molar-refractivity contribution >= 4 is 22.5 Å². The van der Waals surface area contributed by atoms with E-state index >= 15 is 0 Å². The second kappa shape index (κ2) is 6.16. The van der Waals surface area contributed by atoms with E-state index in [-0.39, 0.29) is 18.1 Å². The molecule has 0 fully saturated rings. The normalized spacial score (nSPS) is 10.9.